The van der Waals surface area contributed by atoms with Gasteiger partial charge >= 0.3 is 0 Å². The summed E-state index contributed by atoms with van der Waals surface area (Å²) in [5.41, 5.74) is 2.40. The lowest BCUT2D eigenvalue weighted by atomic mass is 9.94. The van der Waals surface area contributed by atoms with E-state index >= 15 is 0 Å². The SMILES string of the molecule is CC(C)c1cc(F)cc(-c2ccnc(F)c2)c1Nc1nc(Br)nn1COCC[Si](C)(C)C. The van der Waals surface area contributed by atoms with Crippen molar-refractivity contribution in [3.05, 3.63) is 52.5 Å². The summed E-state index contributed by atoms with van der Waals surface area (Å²) in [6, 6.07) is 6.83. The molecular formula is C22H28BrF2N5OSi. The number of hydrogen-bond acceptors (Lipinski definition) is 5. The maximum Gasteiger partial charge on any atom is 0.228 e. The van der Waals surface area contributed by atoms with E-state index in [2.05, 4.69) is 56.0 Å². The minimum atomic E-state index is -1.21. The van der Waals surface area contributed by atoms with Crippen molar-refractivity contribution in [3.8, 4) is 11.1 Å². The van der Waals surface area contributed by atoms with Crippen LogP contribution in [-0.2, 0) is 11.5 Å². The second kappa shape index (κ2) is 10.2. The zero-order chi connectivity index (χ0) is 23.5. The van der Waals surface area contributed by atoms with E-state index in [9.17, 15) is 8.78 Å². The summed E-state index contributed by atoms with van der Waals surface area (Å²) in [7, 11) is -1.21. The number of nitrogens with one attached hydrogen (secondary N) is 1. The van der Waals surface area contributed by atoms with E-state index in [1.165, 1.54) is 24.4 Å². The molecule has 6 nitrogen and oxygen atoms in total. The van der Waals surface area contributed by atoms with Gasteiger partial charge in [0.25, 0.3) is 0 Å². The molecule has 0 atom stereocenters. The molecular weight excluding hydrogens is 496 g/mol. The van der Waals surface area contributed by atoms with Gasteiger partial charge in [-0.05, 0) is 57.2 Å². The van der Waals surface area contributed by atoms with Crippen LogP contribution in [-0.4, -0.2) is 34.4 Å². The fraction of sp³-hybridized carbons (Fsp3) is 0.409. The minimum Gasteiger partial charge on any atom is -0.359 e. The third-order valence-electron chi connectivity index (χ3n) is 4.89. The molecule has 172 valence electrons. The molecule has 1 aromatic carbocycles. The van der Waals surface area contributed by atoms with Crippen molar-refractivity contribution in [2.45, 2.75) is 52.2 Å². The predicted molar refractivity (Wildman–Crippen MR) is 129 cm³/mol. The molecule has 0 bridgehead atoms. The van der Waals surface area contributed by atoms with Crippen molar-refractivity contribution in [3.63, 3.8) is 0 Å². The fourth-order valence-corrected chi connectivity index (χ4v) is 4.27. The molecule has 0 unspecified atom stereocenters. The quantitative estimate of drug-likeness (QED) is 0.195. The van der Waals surface area contributed by atoms with E-state index in [0.717, 1.165) is 11.6 Å². The van der Waals surface area contributed by atoms with Crippen molar-refractivity contribution in [2.24, 2.45) is 0 Å². The van der Waals surface area contributed by atoms with Gasteiger partial charge in [0, 0.05) is 32.5 Å². The van der Waals surface area contributed by atoms with Crippen LogP contribution in [0.15, 0.2) is 35.2 Å². The molecule has 0 saturated carbocycles. The first-order valence-electron chi connectivity index (χ1n) is 10.4. The van der Waals surface area contributed by atoms with Crippen molar-refractivity contribution < 1.29 is 13.5 Å². The van der Waals surface area contributed by atoms with E-state index in [4.69, 9.17) is 4.74 Å². The molecule has 0 spiro atoms. The average molecular weight is 524 g/mol. The van der Waals surface area contributed by atoms with E-state index in [1.54, 1.807) is 10.7 Å². The Balaban J connectivity index is 1.97. The molecule has 32 heavy (non-hydrogen) atoms. The van der Waals surface area contributed by atoms with Crippen LogP contribution in [0.3, 0.4) is 0 Å². The lowest BCUT2D eigenvalue weighted by molar-refractivity contribution is 0.0798. The van der Waals surface area contributed by atoms with Crippen LogP contribution in [0.25, 0.3) is 11.1 Å². The largest absolute Gasteiger partial charge is 0.359 e. The molecule has 0 aliphatic heterocycles. The molecule has 2 heterocycles. The number of ether oxygens (including phenoxy) is 1. The molecule has 0 amide bonds. The predicted octanol–water partition coefficient (Wildman–Crippen LogP) is 6.56. The Kier molecular flexibility index (Phi) is 7.78. The molecule has 2 aromatic heterocycles. The summed E-state index contributed by atoms with van der Waals surface area (Å²) in [5, 5.41) is 7.64. The van der Waals surface area contributed by atoms with Crippen LogP contribution < -0.4 is 5.32 Å². The van der Waals surface area contributed by atoms with Gasteiger partial charge in [-0.2, -0.15) is 9.37 Å². The molecule has 3 aromatic rings. The minimum absolute atomic E-state index is 0.00596. The van der Waals surface area contributed by atoms with Crippen LogP contribution in [0.5, 0.6) is 0 Å². The average Bonchev–Trinajstić information content (AvgIpc) is 3.04. The molecule has 0 aliphatic carbocycles. The van der Waals surface area contributed by atoms with Crippen molar-refractivity contribution >= 4 is 35.6 Å². The number of rotatable bonds is 9. The molecule has 0 radical (unpaired) electrons. The van der Waals surface area contributed by atoms with Gasteiger partial charge in [0.1, 0.15) is 12.5 Å². The van der Waals surface area contributed by atoms with Gasteiger partial charge < -0.3 is 10.1 Å². The molecule has 0 saturated heterocycles. The van der Waals surface area contributed by atoms with Gasteiger partial charge in [-0.15, -0.1) is 5.10 Å². The maximum absolute atomic E-state index is 14.5. The second-order valence-electron chi connectivity index (χ2n) is 9.12. The molecule has 10 heteroatoms. The van der Waals surface area contributed by atoms with E-state index in [0.29, 0.717) is 34.1 Å². The normalized spacial score (nSPS) is 11.9. The number of aromatic nitrogens is 4. The summed E-state index contributed by atoms with van der Waals surface area (Å²) >= 11 is 3.32. The summed E-state index contributed by atoms with van der Waals surface area (Å²) < 4.78 is 36.1. The number of hydrogen-bond donors (Lipinski definition) is 1. The second-order valence-corrected chi connectivity index (χ2v) is 15.4. The zero-order valence-electron chi connectivity index (χ0n) is 18.9. The van der Waals surface area contributed by atoms with Crippen molar-refractivity contribution in [1.82, 2.24) is 19.7 Å². The Morgan fingerprint density at radius 2 is 1.94 bits per heavy atom. The summed E-state index contributed by atoms with van der Waals surface area (Å²) in [6.45, 7) is 11.7. The van der Waals surface area contributed by atoms with Gasteiger partial charge in [-0.25, -0.2) is 14.1 Å². The van der Waals surface area contributed by atoms with Gasteiger partial charge in [0.2, 0.25) is 16.6 Å². The van der Waals surface area contributed by atoms with Crippen LogP contribution in [0, 0.1) is 11.8 Å². The molecule has 0 aliphatic rings. The molecule has 1 N–H and O–H groups in total. The third-order valence-corrected chi connectivity index (χ3v) is 6.93. The van der Waals surface area contributed by atoms with Crippen molar-refractivity contribution in [1.29, 1.82) is 0 Å². The van der Waals surface area contributed by atoms with E-state index < -0.39 is 19.8 Å². The first kappa shape index (κ1) is 24.5. The number of benzene rings is 1. The highest BCUT2D eigenvalue weighted by atomic mass is 79.9. The first-order valence-corrected chi connectivity index (χ1v) is 14.9. The Hall–Kier alpha value is -2.17. The first-order chi connectivity index (χ1) is 15.0. The monoisotopic (exact) mass is 523 g/mol. The van der Waals surface area contributed by atoms with Crippen LogP contribution in [0.1, 0.15) is 25.3 Å². The Bertz CT molecular complexity index is 1080. The lowest BCUT2D eigenvalue weighted by Gasteiger charge is -2.20. The van der Waals surface area contributed by atoms with Crippen LogP contribution in [0.2, 0.25) is 25.7 Å². The zero-order valence-corrected chi connectivity index (χ0v) is 21.5. The van der Waals surface area contributed by atoms with E-state index in [-0.39, 0.29) is 12.6 Å². The molecule has 0 fully saturated rings. The summed E-state index contributed by atoms with van der Waals surface area (Å²) in [6.07, 6.45) is 1.36. The van der Waals surface area contributed by atoms with Gasteiger partial charge in [0.05, 0.1) is 5.69 Å². The Labute approximate surface area is 196 Å². The van der Waals surface area contributed by atoms with Crippen LogP contribution >= 0.6 is 15.9 Å². The number of halogens is 3. The number of anilines is 2. The number of nitrogens with zero attached hydrogens (tertiary/aromatic N) is 4. The Morgan fingerprint density at radius 1 is 1.19 bits per heavy atom. The smallest absolute Gasteiger partial charge is 0.228 e. The van der Waals surface area contributed by atoms with Crippen LogP contribution in [0.4, 0.5) is 20.4 Å². The van der Waals surface area contributed by atoms with Crippen molar-refractivity contribution in [2.75, 3.05) is 11.9 Å². The number of pyridine rings is 1. The Morgan fingerprint density at radius 3 is 2.59 bits per heavy atom. The fourth-order valence-electron chi connectivity index (χ4n) is 3.16. The summed E-state index contributed by atoms with van der Waals surface area (Å²) in [5.74, 6) is -0.588. The van der Waals surface area contributed by atoms with Gasteiger partial charge in [-0.3, -0.25) is 0 Å². The highest BCUT2D eigenvalue weighted by molar-refractivity contribution is 9.10. The molecule has 3 rings (SSSR count). The topological polar surface area (TPSA) is 64.9 Å². The highest BCUT2D eigenvalue weighted by Crippen LogP contribution is 2.37. The lowest BCUT2D eigenvalue weighted by Crippen LogP contribution is -2.22. The van der Waals surface area contributed by atoms with Gasteiger partial charge in [-0.1, -0.05) is 33.5 Å². The highest BCUT2D eigenvalue weighted by Gasteiger charge is 2.19. The maximum atomic E-state index is 14.5. The van der Waals surface area contributed by atoms with Gasteiger partial charge in [0.15, 0.2) is 0 Å². The summed E-state index contributed by atoms with van der Waals surface area (Å²) in [4.78, 5) is 8.02. The standard InChI is InChI=1S/C22H28BrF2N5OSi/c1-14(2)17-11-16(24)12-18(15-6-7-26-19(25)10-15)20(17)27-22-28-21(23)29-30(22)13-31-8-9-32(3,4)5/h6-7,10-12,14H,8-9,13H2,1-5H3,(H,27,28,29). The van der Waals surface area contributed by atoms with E-state index in [1.807, 2.05) is 13.8 Å². The third kappa shape index (κ3) is 6.43.